The average Bonchev–Trinajstić information content (AvgIpc) is 2.65. The minimum Gasteiger partial charge on any atom is -0.507 e. The van der Waals surface area contributed by atoms with Gasteiger partial charge >= 0.3 is 0 Å². The maximum absolute atomic E-state index is 11.1. The Hall–Kier alpha value is -2.20. The zero-order valence-electron chi connectivity index (χ0n) is 19.1. The number of phenolic OH excluding ortho intramolecular Hbond substituents is 1. The molecule has 0 amide bonds. The van der Waals surface area contributed by atoms with E-state index in [0.717, 1.165) is 46.2 Å². The van der Waals surface area contributed by atoms with Gasteiger partial charge < -0.3 is 14.6 Å². The lowest BCUT2D eigenvalue weighted by molar-refractivity contribution is 0.315. The first-order valence-corrected chi connectivity index (χ1v) is 13.6. The van der Waals surface area contributed by atoms with Gasteiger partial charge in [0.1, 0.15) is 17.2 Å². The van der Waals surface area contributed by atoms with Crippen molar-refractivity contribution in [2.75, 3.05) is 13.7 Å². The zero-order valence-corrected chi connectivity index (χ0v) is 20.1. The van der Waals surface area contributed by atoms with Crippen molar-refractivity contribution in [3.8, 4) is 28.4 Å². The molecule has 4 heteroatoms. The smallest absolute Gasteiger partial charge is 0.127 e. The topological polar surface area (TPSA) is 38.7 Å². The Bertz CT molecular complexity index is 863. The van der Waals surface area contributed by atoms with Crippen molar-refractivity contribution < 1.29 is 14.6 Å². The van der Waals surface area contributed by atoms with E-state index in [4.69, 9.17) is 9.47 Å². The summed E-state index contributed by atoms with van der Waals surface area (Å²) < 4.78 is 11.5. The first-order valence-electron chi connectivity index (χ1n) is 10.3. The monoisotopic (exact) mass is 412 g/mol. The summed E-state index contributed by atoms with van der Waals surface area (Å²) in [7, 11) is 0.348. The number of methoxy groups -OCH3 is 1. The Kier molecular flexibility index (Phi) is 7.23. The normalized spacial score (nSPS) is 12.0. The van der Waals surface area contributed by atoms with Crippen LogP contribution in [0.2, 0.25) is 19.1 Å². The summed E-state index contributed by atoms with van der Waals surface area (Å²) in [5, 5.41) is 11.1. The predicted octanol–water partition coefficient (Wildman–Crippen LogP) is 6.88. The van der Waals surface area contributed by atoms with Crippen LogP contribution in [0.3, 0.4) is 0 Å². The van der Waals surface area contributed by atoms with Gasteiger partial charge in [-0.05, 0) is 54.2 Å². The summed E-state index contributed by atoms with van der Waals surface area (Å²) in [5.74, 6) is 1.93. The summed E-state index contributed by atoms with van der Waals surface area (Å²) in [5.41, 5.74) is 5.66. The highest BCUT2D eigenvalue weighted by Gasteiger charge is 2.23. The summed E-state index contributed by atoms with van der Waals surface area (Å²) in [6.45, 7) is 17.6. The second-order valence-electron chi connectivity index (χ2n) is 9.44. The van der Waals surface area contributed by atoms with Gasteiger partial charge in [0.2, 0.25) is 0 Å². The van der Waals surface area contributed by atoms with Crippen LogP contribution < -0.4 is 9.47 Å². The van der Waals surface area contributed by atoms with Crippen molar-refractivity contribution in [1.29, 1.82) is 0 Å². The van der Waals surface area contributed by atoms with Crippen molar-refractivity contribution in [3.05, 3.63) is 53.7 Å². The van der Waals surface area contributed by atoms with Crippen molar-refractivity contribution >= 4 is 8.07 Å². The Morgan fingerprint density at radius 2 is 1.76 bits per heavy atom. The van der Waals surface area contributed by atoms with Crippen LogP contribution in [0.15, 0.2) is 42.6 Å². The zero-order chi connectivity index (χ0) is 21.8. The number of rotatable bonds is 8. The first kappa shape index (κ1) is 23.1. The molecule has 0 spiro atoms. The largest absolute Gasteiger partial charge is 0.507 e. The Balaban J connectivity index is 2.39. The number of benzene rings is 2. The average molecular weight is 413 g/mol. The third-order valence-corrected chi connectivity index (χ3v) is 8.15. The molecule has 0 aliphatic heterocycles. The maximum atomic E-state index is 11.1. The number of ether oxygens (including phenoxy) is 2. The summed E-state index contributed by atoms with van der Waals surface area (Å²) in [6, 6.07) is 11.0. The van der Waals surface area contributed by atoms with E-state index in [0.29, 0.717) is 12.4 Å². The molecule has 0 unspecified atom stereocenters. The fourth-order valence-electron chi connectivity index (χ4n) is 3.35. The minimum atomic E-state index is -1.31. The Morgan fingerprint density at radius 1 is 1.07 bits per heavy atom. The standard InChI is InChI=1S/C25H36O3Si/c1-9-29(7,8)14-10-13-28-20-16-22(24(26)23(17-20)25(3,4)5)21-12-11-19(27-6)15-18(21)2/h9,11-12,15-17,26H,1,10,13-14H2,2-8H3. The number of hydrogen-bond donors (Lipinski definition) is 1. The number of hydrogen-bond acceptors (Lipinski definition) is 3. The van der Waals surface area contributed by atoms with Gasteiger partial charge in [-0.25, -0.2) is 0 Å². The lowest BCUT2D eigenvalue weighted by atomic mass is 9.83. The highest BCUT2D eigenvalue weighted by Crippen LogP contribution is 2.43. The quantitative estimate of drug-likeness (QED) is 0.379. The fraction of sp³-hybridized carbons (Fsp3) is 0.440. The van der Waals surface area contributed by atoms with Crippen molar-refractivity contribution in [2.24, 2.45) is 0 Å². The molecule has 2 aromatic rings. The third kappa shape index (κ3) is 5.89. The fourth-order valence-corrected chi connectivity index (χ4v) is 4.61. The van der Waals surface area contributed by atoms with E-state index in [9.17, 15) is 5.11 Å². The van der Waals surface area contributed by atoms with Crippen LogP contribution in [-0.4, -0.2) is 26.9 Å². The van der Waals surface area contributed by atoms with Crippen molar-refractivity contribution in [2.45, 2.75) is 58.7 Å². The number of aryl methyl sites for hydroxylation is 1. The Labute approximate surface area is 177 Å². The van der Waals surface area contributed by atoms with E-state index in [1.54, 1.807) is 7.11 Å². The van der Waals surface area contributed by atoms with Crippen LogP contribution in [0.4, 0.5) is 0 Å². The van der Waals surface area contributed by atoms with Crippen LogP contribution in [0.25, 0.3) is 11.1 Å². The second kappa shape index (κ2) is 9.08. The number of phenols is 1. The third-order valence-electron chi connectivity index (χ3n) is 5.40. The molecule has 0 fully saturated rings. The maximum Gasteiger partial charge on any atom is 0.127 e. The summed E-state index contributed by atoms with van der Waals surface area (Å²) in [6.07, 6.45) is 1.01. The molecule has 0 saturated heterocycles. The van der Waals surface area contributed by atoms with Gasteiger partial charge in [0, 0.05) is 11.1 Å². The van der Waals surface area contributed by atoms with Gasteiger partial charge in [-0.3, -0.25) is 0 Å². The van der Waals surface area contributed by atoms with Gasteiger partial charge in [-0.15, -0.1) is 12.3 Å². The van der Waals surface area contributed by atoms with E-state index in [2.05, 4.69) is 46.1 Å². The lowest BCUT2D eigenvalue weighted by Crippen LogP contribution is -2.22. The molecule has 3 nitrogen and oxygen atoms in total. The molecule has 0 bridgehead atoms. The van der Waals surface area contributed by atoms with E-state index in [1.807, 2.05) is 37.3 Å². The second-order valence-corrected chi connectivity index (χ2v) is 14.3. The van der Waals surface area contributed by atoms with Crippen molar-refractivity contribution in [1.82, 2.24) is 0 Å². The van der Waals surface area contributed by atoms with Gasteiger partial charge in [-0.1, -0.05) is 46.0 Å². The molecule has 0 aliphatic rings. The molecule has 0 atom stereocenters. The van der Waals surface area contributed by atoms with E-state index >= 15 is 0 Å². The molecule has 158 valence electrons. The van der Waals surface area contributed by atoms with E-state index in [1.165, 1.54) is 0 Å². The molecular formula is C25H36O3Si. The SMILES string of the molecule is C=C[Si](C)(C)CCCOc1cc(-c2ccc(OC)cc2C)c(O)c(C(C)(C)C)c1. The van der Waals surface area contributed by atoms with E-state index in [-0.39, 0.29) is 5.41 Å². The van der Waals surface area contributed by atoms with Gasteiger partial charge in [0.05, 0.1) is 21.8 Å². The number of aromatic hydroxyl groups is 1. The van der Waals surface area contributed by atoms with Crippen LogP contribution in [0, 0.1) is 6.92 Å². The highest BCUT2D eigenvalue weighted by molar-refractivity contribution is 6.82. The van der Waals surface area contributed by atoms with Crippen LogP contribution in [-0.2, 0) is 5.41 Å². The molecule has 29 heavy (non-hydrogen) atoms. The molecule has 0 aliphatic carbocycles. The van der Waals surface area contributed by atoms with Crippen molar-refractivity contribution in [3.63, 3.8) is 0 Å². The molecule has 1 N–H and O–H groups in total. The van der Waals surface area contributed by atoms with Crippen LogP contribution in [0.5, 0.6) is 17.2 Å². The molecule has 2 rings (SSSR count). The van der Waals surface area contributed by atoms with Crippen LogP contribution >= 0.6 is 0 Å². The molecular weight excluding hydrogens is 376 g/mol. The van der Waals surface area contributed by atoms with Crippen LogP contribution in [0.1, 0.15) is 38.3 Å². The van der Waals surface area contributed by atoms with Gasteiger partial charge in [0.15, 0.2) is 0 Å². The molecule has 0 aromatic heterocycles. The lowest BCUT2D eigenvalue weighted by Gasteiger charge is -2.24. The molecule has 0 radical (unpaired) electrons. The predicted molar refractivity (Wildman–Crippen MR) is 126 cm³/mol. The van der Waals surface area contributed by atoms with Gasteiger partial charge in [-0.2, -0.15) is 0 Å². The highest BCUT2D eigenvalue weighted by atomic mass is 28.3. The Morgan fingerprint density at radius 3 is 2.31 bits per heavy atom. The van der Waals surface area contributed by atoms with Gasteiger partial charge in [0.25, 0.3) is 0 Å². The first-order chi connectivity index (χ1) is 13.5. The minimum absolute atomic E-state index is 0.198. The molecule has 0 heterocycles. The van der Waals surface area contributed by atoms with E-state index < -0.39 is 8.07 Å². The molecule has 2 aromatic carbocycles. The summed E-state index contributed by atoms with van der Waals surface area (Å²) >= 11 is 0. The molecule has 0 saturated carbocycles. The summed E-state index contributed by atoms with van der Waals surface area (Å²) in [4.78, 5) is 0.